The Morgan fingerprint density at radius 1 is 1.43 bits per heavy atom. The van der Waals surface area contributed by atoms with Crippen molar-refractivity contribution in [2.24, 2.45) is 0 Å². The van der Waals surface area contributed by atoms with Gasteiger partial charge in [0.2, 0.25) is 0 Å². The summed E-state index contributed by atoms with van der Waals surface area (Å²) in [5, 5.41) is 20.1. The van der Waals surface area contributed by atoms with E-state index in [1.807, 2.05) is 0 Å². The fourth-order valence-electron chi connectivity index (χ4n) is 2.53. The Morgan fingerprint density at radius 2 is 2.10 bits per heavy atom. The highest BCUT2D eigenvalue weighted by molar-refractivity contribution is 5.90. The normalized spacial score (nSPS) is 15.1. The number of hydrogen-bond acceptors (Lipinski definition) is 5. The zero-order chi connectivity index (χ0) is 15.4. The van der Waals surface area contributed by atoms with Crippen LogP contribution in [0.2, 0.25) is 0 Å². The molecule has 0 aliphatic carbocycles. The molecule has 1 N–H and O–H groups in total. The number of likely N-dealkylation sites (tertiary alicyclic amines) is 1. The Labute approximate surface area is 122 Å². The van der Waals surface area contributed by atoms with E-state index in [1.54, 1.807) is 11.9 Å². The molecule has 0 bridgehead atoms. The minimum Gasteiger partial charge on any atom is -0.478 e. The van der Waals surface area contributed by atoms with Crippen LogP contribution in [0.5, 0.6) is 0 Å². The van der Waals surface area contributed by atoms with Crippen LogP contribution in [0.3, 0.4) is 0 Å². The molecular formula is C14H19N3O4. The Morgan fingerprint density at radius 3 is 2.67 bits per heavy atom. The fraction of sp³-hybridized carbons (Fsp3) is 0.500. The summed E-state index contributed by atoms with van der Waals surface area (Å²) in [6.45, 7) is 3.57. The molecule has 1 aliphatic heterocycles. The molecule has 21 heavy (non-hydrogen) atoms. The van der Waals surface area contributed by atoms with Gasteiger partial charge >= 0.3 is 5.97 Å². The maximum Gasteiger partial charge on any atom is 0.335 e. The molecule has 7 nitrogen and oxygen atoms in total. The van der Waals surface area contributed by atoms with Gasteiger partial charge in [-0.15, -0.1) is 0 Å². The number of aromatic carboxylic acids is 1. The van der Waals surface area contributed by atoms with Crippen molar-refractivity contribution in [1.82, 2.24) is 4.90 Å². The van der Waals surface area contributed by atoms with Crippen LogP contribution in [0.25, 0.3) is 0 Å². The lowest BCUT2D eigenvalue weighted by atomic mass is 10.1. The van der Waals surface area contributed by atoms with Crippen molar-refractivity contribution >= 4 is 17.3 Å². The minimum absolute atomic E-state index is 0.0589. The molecule has 0 amide bonds. The molecule has 0 radical (unpaired) electrons. The molecule has 1 fully saturated rings. The second-order valence-electron chi connectivity index (χ2n) is 5.24. The number of benzene rings is 1. The second-order valence-corrected chi connectivity index (χ2v) is 5.24. The summed E-state index contributed by atoms with van der Waals surface area (Å²) in [6, 6.07) is 3.88. The first kappa shape index (κ1) is 15.2. The molecule has 1 saturated heterocycles. The maximum absolute atomic E-state index is 11.1. The standard InChI is InChI=1S/C14H19N3O4/c1-15(8-9-16-6-2-3-7-16)13-10-11(14(18)19)4-5-12(13)17(20)21/h4-5,10H,2-3,6-9H2,1H3,(H,18,19). The van der Waals surface area contributed by atoms with E-state index in [0.29, 0.717) is 12.2 Å². The number of likely N-dealkylation sites (N-methyl/N-ethyl adjacent to an activating group) is 1. The number of nitro benzene ring substituents is 1. The lowest BCUT2D eigenvalue weighted by Crippen LogP contribution is -2.31. The van der Waals surface area contributed by atoms with Crippen LogP contribution in [-0.4, -0.2) is 54.1 Å². The van der Waals surface area contributed by atoms with E-state index in [1.165, 1.54) is 31.0 Å². The Kier molecular flexibility index (Phi) is 4.74. The summed E-state index contributed by atoms with van der Waals surface area (Å²) in [7, 11) is 1.75. The van der Waals surface area contributed by atoms with Gasteiger partial charge in [0, 0.05) is 26.2 Å². The van der Waals surface area contributed by atoms with Crippen LogP contribution in [-0.2, 0) is 0 Å². The molecule has 0 saturated carbocycles. The first-order chi connectivity index (χ1) is 9.99. The predicted molar refractivity (Wildman–Crippen MR) is 79.0 cm³/mol. The number of anilines is 1. The van der Waals surface area contributed by atoms with Crippen molar-refractivity contribution in [2.45, 2.75) is 12.8 Å². The summed E-state index contributed by atoms with van der Waals surface area (Å²) in [5.41, 5.74) is 0.339. The van der Waals surface area contributed by atoms with Crippen molar-refractivity contribution in [3.05, 3.63) is 33.9 Å². The molecule has 114 valence electrons. The Bertz CT molecular complexity index is 541. The summed E-state index contributed by atoms with van der Waals surface area (Å²) in [6.07, 6.45) is 2.39. The van der Waals surface area contributed by atoms with Crippen LogP contribution in [0, 0.1) is 10.1 Å². The molecule has 7 heteroatoms. The third-order valence-corrected chi connectivity index (χ3v) is 3.78. The largest absolute Gasteiger partial charge is 0.478 e. The quantitative estimate of drug-likeness (QED) is 0.636. The van der Waals surface area contributed by atoms with E-state index in [0.717, 1.165) is 19.6 Å². The van der Waals surface area contributed by atoms with Crippen molar-refractivity contribution in [3.63, 3.8) is 0 Å². The van der Waals surface area contributed by atoms with Gasteiger partial charge in [-0.2, -0.15) is 0 Å². The summed E-state index contributed by atoms with van der Waals surface area (Å²) in [5.74, 6) is -1.08. The van der Waals surface area contributed by atoms with Crippen LogP contribution in [0.1, 0.15) is 23.2 Å². The summed E-state index contributed by atoms with van der Waals surface area (Å²) >= 11 is 0. The van der Waals surface area contributed by atoms with Gasteiger partial charge in [-0.3, -0.25) is 10.1 Å². The van der Waals surface area contributed by atoms with Gasteiger partial charge in [0.15, 0.2) is 0 Å². The van der Waals surface area contributed by atoms with E-state index in [2.05, 4.69) is 4.90 Å². The first-order valence-electron chi connectivity index (χ1n) is 6.94. The molecule has 0 spiro atoms. The van der Waals surface area contributed by atoms with Gasteiger partial charge in [0.25, 0.3) is 5.69 Å². The fourth-order valence-corrected chi connectivity index (χ4v) is 2.53. The average molecular weight is 293 g/mol. The number of hydrogen-bond donors (Lipinski definition) is 1. The van der Waals surface area contributed by atoms with Gasteiger partial charge < -0.3 is 14.9 Å². The number of carbonyl (C=O) groups is 1. The first-order valence-corrected chi connectivity index (χ1v) is 6.94. The Balaban J connectivity index is 2.15. The number of carboxylic acid groups (broad SMARTS) is 1. The molecule has 1 heterocycles. The van der Waals surface area contributed by atoms with Crippen molar-refractivity contribution in [2.75, 3.05) is 38.1 Å². The number of nitro groups is 1. The van der Waals surface area contributed by atoms with Crippen molar-refractivity contribution < 1.29 is 14.8 Å². The highest BCUT2D eigenvalue weighted by Gasteiger charge is 2.20. The highest BCUT2D eigenvalue weighted by atomic mass is 16.6. The Hall–Kier alpha value is -2.15. The smallest absolute Gasteiger partial charge is 0.335 e. The predicted octanol–water partition coefficient (Wildman–Crippen LogP) is 1.82. The number of carboxylic acids is 1. The maximum atomic E-state index is 11.1. The SMILES string of the molecule is CN(CCN1CCCC1)c1cc(C(=O)O)ccc1[N+](=O)[O-]. The molecule has 2 rings (SSSR count). The monoisotopic (exact) mass is 293 g/mol. The molecule has 0 aromatic heterocycles. The minimum atomic E-state index is -1.08. The van der Waals surface area contributed by atoms with Gasteiger partial charge in [0.05, 0.1) is 10.5 Å². The van der Waals surface area contributed by atoms with Crippen LogP contribution in [0.15, 0.2) is 18.2 Å². The third-order valence-electron chi connectivity index (χ3n) is 3.78. The van der Waals surface area contributed by atoms with Crippen LogP contribution in [0.4, 0.5) is 11.4 Å². The van der Waals surface area contributed by atoms with E-state index in [-0.39, 0.29) is 11.3 Å². The second kappa shape index (κ2) is 6.53. The number of nitrogens with zero attached hydrogens (tertiary/aromatic N) is 3. The van der Waals surface area contributed by atoms with Crippen LogP contribution < -0.4 is 4.90 Å². The average Bonchev–Trinajstić information content (AvgIpc) is 2.97. The summed E-state index contributed by atoms with van der Waals surface area (Å²) < 4.78 is 0. The molecular weight excluding hydrogens is 274 g/mol. The molecule has 1 aromatic carbocycles. The van der Waals surface area contributed by atoms with E-state index >= 15 is 0 Å². The van der Waals surface area contributed by atoms with Gasteiger partial charge in [-0.05, 0) is 38.1 Å². The van der Waals surface area contributed by atoms with E-state index in [4.69, 9.17) is 5.11 Å². The molecule has 0 atom stereocenters. The van der Waals surface area contributed by atoms with Crippen molar-refractivity contribution in [3.8, 4) is 0 Å². The van der Waals surface area contributed by atoms with Gasteiger partial charge in [0.1, 0.15) is 5.69 Å². The van der Waals surface area contributed by atoms with E-state index < -0.39 is 10.9 Å². The van der Waals surface area contributed by atoms with Gasteiger partial charge in [-0.25, -0.2) is 4.79 Å². The van der Waals surface area contributed by atoms with Crippen LogP contribution >= 0.6 is 0 Å². The highest BCUT2D eigenvalue weighted by Crippen LogP contribution is 2.28. The number of rotatable bonds is 6. The lowest BCUT2D eigenvalue weighted by molar-refractivity contribution is -0.384. The third kappa shape index (κ3) is 3.69. The van der Waals surface area contributed by atoms with E-state index in [9.17, 15) is 14.9 Å². The zero-order valence-electron chi connectivity index (χ0n) is 12.0. The molecule has 1 aliphatic rings. The summed E-state index contributed by atoms with van der Waals surface area (Å²) in [4.78, 5) is 25.7. The van der Waals surface area contributed by atoms with Gasteiger partial charge in [-0.1, -0.05) is 0 Å². The topological polar surface area (TPSA) is 86.9 Å². The lowest BCUT2D eigenvalue weighted by Gasteiger charge is -2.23. The molecule has 0 unspecified atom stereocenters. The molecule has 1 aromatic rings. The van der Waals surface area contributed by atoms with Crippen molar-refractivity contribution in [1.29, 1.82) is 0 Å². The zero-order valence-corrected chi connectivity index (χ0v) is 12.0.